The lowest BCUT2D eigenvalue weighted by Gasteiger charge is -2.39. The first-order valence-electron chi connectivity index (χ1n) is 8.04. The molecule has 0 aliphatic heterocycles. The van der Waals surface area contributed by atoms with Crippen molar-refractivity contribution in [1.29, 1.82) is 0 Å². The Morgan fingerprint density at radius 2 is 2.19 bits per heavy atom. The van der Waals surface area contributed by atoms with Crippen LogP contribution in [-0.4, -0.2) is 12.6 Å². The summed E-state index contributed by atoms with van der Waals surface area (Å²) in [5.41, 5.74) is 1.20. The van der Waals surface area contributed by atoms with E-state index < -0.39 is 0 Å². The Morgan fingerprint density at radius 1 is 1.38 bits per heavy atom. The Kier molecular flexibility index (Phi) is 4.26. The van der Waals surface area contributed by atoms with E-state index in [1.54, 1.807) is 0 Å². The molecule has 0 spiro atoms. The van der Waals surface area contributed by atoms with Crippen LogP contribution in [0.15, 0.2) is 24.3 Å². The summed E-state index contributed by atoms with van der Waals surface area (Å²) < 4.78 is 5.39. The van der Waals surface area contributed by atoms with Gasteiger partial charge in [0.15, 0.2) is 0 Å². The number of ether oxygens (including phenoxy) is 1. The number of hydrogen-bond acceptors (Lipinski definition) is 2. The van der Waals surface area contributed by atoms with Gasteiger partial charge < -0.3 is 4.74 Å². The standard InChI is InChI=1S/C18H23ClO2/c1-3-21-18(20)17-15-8-7-12(11(15)2)10-16(17)13-5-4-6-14(19)9-13/h4-6,9,11-12,15-17H,3,7-8,10H2,1-2H3/t11?,12?,15?,16-,17-/m1/s1. The monoisotopic (exact) mass is 306 g/mol. The van der Waals surface area contributed by atoms with E-state index in [-0.39, 0.29) is 17.8 Å². The summed E-state index contributed by atoms with van der Waals surface area (Å²) in [5, 5.41) is 0.751. The molecule has 0 heterocycles. The quantitative estimate of drug-likeness (QED) is 0.759. The summed E-state index contributed by atoms with van der Waals surface area (Å²) in [4.78, 5) is 12.5. The molecule has 0 amide bonds. The van der Waals surface area contributed by atoms with Gasteiger partial charge in [0.05, 0.1) is 12.5 Å². The van der Waals surface area contributed by atoms with Crippen LogP contribution in [-0.2, 0) is 9.53 Å². The third kappa shape index (κ3) is 2.70. The fourth-order valence-electron chi connectivity index (χ4n) is 4.55. The summed E-state index contributed by atoms with van der Waals surface area (Å²) in [7, 11) is 0. The van der Waals surface area contributed by atoms with Gasteiger partial charge in [-0.3, -0.25) is 4.79 Å². The lowest BCUT2D eigenvalue weighted by atomic mass is 9.65. The van der Waals surface area contributed by atoms with E-state index in [0.29, 0.717) is 18.4 Å². The summed E-state index contributed by atoms with van der Waals surface area (Å²) in [6.07, 6.45) is 3.49. The fraction of sp³-hybridized carbons (Fsp3) is 0.611. The maximum atomic E-state index is 12.5. The molecule has 5 atom stereocenters. The van der Waals surface area contributed by atoms with Crippen LogP contribution in [0, 0.1) is 23.7 Å². The van der Waals surface area contributed by atoms with E-state index in [1.807, 2.05) is 25.1 Å². The van der Waals surface area contributed by atoms with Crippen molar-refractivity contribution < 1.29 is 9.53 Å². The highest BCUT2D eigenvalue weighted by Gasteiger charge is 2.50. The Hall–Kier alpha value is -1.02. The van der Waals surface area contributed by atoms with Crippen molar-refractivity contribution in [2.45, 2.75) is 39.0 Å². The zero-order valence-corrected chi connectivity index (χ0v) is 13.5. The van der Waals surface area contributed by atoms with Crippen LogP contribution in [0.4, 0.5) is 0 Å². The average molecular weight is 307 g/mol. The maximum Gasteiger partial charge on any atom is 0.309 e. The van der Waals surface area contributed by atoms with Crippen LogP contribution in [0.1, 0.15) is 44.6 Å². The number of rotatable bonds is 3. The maximum absolute atomic E-state index is 12.5. The summed E-state index contributed by atoms with van der Waals surface area (Å²) in [5.74, 6) is 2.08. The van der Waals surface area contributed by atoms with Crippen molar-refractivity contribution in [3.05, 3.63) is 34.9 Å². The number of fused-ring (bicyclic) bond motifs is 2. The average Bonchev–Trinajstić information content (AvgIpc) is 2.71. The smallest absolute Gasteiger partial charge is 0.309 e. The van der Waals surface area contributed by atoms with E-state index >= 15 is 0 Å². The van der Waals surface area contributed by atoms with E-state index in [0.717, 1.165) is 23.8 Å². The van der Waals surface area contributed by atoms with Crippen molar-refractivity contribution >= 4 is 17.6 Å². The Labute approximate surface area is 131 Å². The first kappa shape index (κ1) is 14.9. The van der Waals surface area contributed by atoms with Crippen molar-refractivity contribution in [3.63, 3.8) is 0 Å². The molecule has 0 saturated heterocycles. The third-order valence-corrected chi connectivity index (χ3v) is 5.81. The van der Waals surface area contributed by atoms with Gasteiger partial charge in [0.25, 0.3) is 0 Å². The van der Waals surface area contributed by atoms with E-state index in [9.17, 15) is 4.79 Å². The van der Waals surface area contributed by atoms with E-state index in [4.69, 9.17) is 16.3 Å². The molecule has 0 aromatic heterocycles. The fourth-order valence-corrected chi connectivity index (χ4v) is 4.75. The Morgan fingerprint density at radius 3 is 2.90 bits per heavy atom. The second-order valence-corrected chi connectivity index (χ2v) is 6.97. The second kappa shape index (κ2) is 6.00. The zero-order chi connectivity index (χ0) is 15.0. The van der Waals surface area contributed by atoms with Gasteiger partial charge in [0, 0.05) is 5.02 Å². The number of halogens is 1. The molecule has 2 saturated carbocycles. The minimum Gasteiger partial charge on any atom is -0.466 e. The molecule has 21 heavy (non-hydrogen) atoms. The molecule has 2 fully saturated rings. The van der Waals surface area contributed by atoms with Crippen molar-refractivity contribution in [2.24, 2.45) is 23.7 Å². The lowest BCUT2D eigenvalue weighted by molar-refractivity contribution is -0.153. The number of carbonyl (C=O) groups is 1. The van der Waals surface area contributed by atoms with E-state index in [1.165, 1.54) is 12.0 Å². The molecule has 1 aromatic rings. The number of benzene rings is 1. The summed E-state index contributed by atoms with van der Waals surface area (Å²) in [6, 6.07) is 8.01. The molecule has 2 bridgehead atoms. The largest absolute Gasteiger partial charge is 0.466 e. The van der Waals surface area contributed by atoms with Crippen molar-refractivity contribution in [2.75, 3.05) is 6.61 Å². The Bertz CT molecular complexity index is 528. The topological polar surface area (TPSA) is 26.3 Å². The molecule has 2 aliphatic rings. The Balaban J connectivity index is 1.95. The molecular weight excluding hydrogens is 284 g/mol. The van der Waals surface area contributed by atoms with Gasteiger partial charge in [-0.2, -0.15) is 0 Å². The van der Waals surface area contributed by atoms with Gasteiger partial charge in [-0.05, 0) is 67.6 Å². The van der Waals surface area contributed by atoms with Crippen LogP contribution in [0.25, 0.3) is 0 Å². The molecule has 3 unspecified atom stereocenters. The normalized spacial score (nSPS) is 34.7. The van der Waals surface area contributed by atoms with Gasteiger partial charge in [-0.15, -0.1) is 0 Å². The molecule has 2 nitrogen and oxygen atoms in total. The lowest BCUT2D eigenvalue weighted by Crippen LogP contribution is -2.38. The number of esters is 1. The molecular formula is C18H23ClO2. The van der Waals surface area contributed by atoms with E-state index in [2.05, 4.69) is 13.0 Å². The summed E-state index contributed by atoms with van der Waals surface area (Å²) >= 11 is 6.15. The molecule has 2 aliphatic carbocycles. The summed E-state index contributed by atoms with van der Waals surface area (Å²) in [6.45, 7) is 4.65. The van der Waals surface area contributed by atoms with Gasteiger partial charge >= 0.3 is 5.97 Å². The third-order valence-electron chi connectivity index (χ3n) is 5.58. The first-order chi connectivity index (χ1) is 10.1. The minimum absolute atomic E-state index is 0.00262. The predicted molar refractivity (Wildman–Crippen MR) is 84.3 cm³/mol. The SMILES string of the molecule is CCOC(=O)[C@@H]1C2CCC(C[C@@H]1c1cccc(Cl)c1)C2C. The van der Waals surface area contributed by atoms with Gasteiger partial charge in [-0.1, -0.05) is 30.7 Å². The van der Waals surface area contributed by atoms with Crippen LogP contribution >= 0.6 is 11.6 Å². The van der Waals surface area contributed by atoms with Crippen LogP contribution < -0.4 is 0 Å². The van der Waals surface area contributed by atoms with Gasteiger partial charge in [0.1, 0.15) is 0 Å². The molecule has 3 rings (SSSR count). The predicted octanol–water partition coefficient (Wildman–Crippen LogP) is 4.67. The highest BCUT2D eigenvalue weighted by atomic mass is 35.5. The van der Waals surface area contributed by atoms with Crippen molar-refractivity contribution in [1.82, 2.24) is 0 Å². The van der Waals surface area contributed by atoms with Crippen LogP contribution in [0.2, 0.25) is 5.02 Å². The molecule has 3 heteroatoms. The second-order valence-electron chi connectivity index (χ2n) is 6.54. The zero-order valence-electron chi connectivity index (χ0n) is 12.7. The molecule has 114 valence electrons. The molecule has 0 radical (unpaired) electrons. The minimum atomic E-state index is -0.0142. The highest BCUT2D eigenvalue weighted by molar-refractivity contribution is 6.30. The molecule has 0 N–H and O–H groups in total. The van der Waals surface area contributed by atoms with Crippen LogP contribution in [0.3, 0.4) is 0 Å². The first-order valence-corrected chi connectivity index (χ1v) is 8.41. The highest BCUT2D eigenvalue weighted by Crippen LogP contribution is 2.55. The van der Waals surface area contributed by atoms with Gasteiger partial charge in [-0.25, -0.2) is 0 Å². The number of carbonyl (C=O) groups excluding carboxylic acids is 1. The van der Waals surface area contributed by atoms with Gasteiger partial charge in [0.2, 0.25) is 0 Å². The number of hydrogen-bond donors (Lipinski definition) is 0. The molecule has 1 aromatic carbocycles. The van der Waals surface area contributed by atoms with Crippen molar-refractivity contribution in [3.8, 4) is 0 Å². The van der Waals surface area contributed by atoms with Crippen LogP contribution in [0.5, 0.6) is 0 Å².